The Labute approximate surface area is 161 Å². The maximum Gasteiger partial charge on any atom is 0.196 e. The largest absolute Gasteiger partial charge is 0.270 e. The van der Waals surface area contributed by atoms with Gasteiger partial charge in [0.05, 0.1) is 0 Å². The summed E-state index contributed by atoms with van der Waals surface area (Å²) in [7, 11) is 0. The summed E-state index contributed by atoms with van der Waals surface area (Å²) in [6.45, 7) is 2.05. The van der Waals surface area contributed by atoms with Crippen LogP contribution in [0, 0.1) is 12.7 Å². The van der Waals surface area contributed by atoms with Gasteiger partial charge in [0.1, 0.15) is 5.82 Å². The number of aromatic nitrogens is 4. The molecule has 0 amide bonds. The molecule has 0 radical (unpaired) electrons. The fraction of sp³-hybridized carbons (Fsp3) is 0.0952. The van der Waals surface area contributed by atoms with E-state index in [4.69, 9.17) is 0 Å². The number of halogens is 1. The summed E-state index contributed by atoms with van der Waals surface area (Å²) < 4.78 is 15.5. The molecular weight excluding hydrogens is 359 g/mol. The predicted octanol–water partition coefficient (Wildman–Crippen LogP) is 5.07. The lowest BCUT2D eigenvalue weighted by atomic mass is 10.2. The molecule has 2 heterocycles. The van der Waals surface area contributed by atoms with Crippen LogP contribution in [-0.2, 0) is 5.75 Å². The predicted molar refractivity (Wildman–Crippen MR) is 105 cm³/mol. The zero-order valence-corrected chi connectivity index (χ0v) is 15.5. The van der Waals surface area contributed by atoms with Crippen LogP contribution < -0.4 is 0 Å². The summed E-state index contributed by atoms with van der Waals surface area (Å²) in [5.74, 6) is 1.13. The van der Waals surface area contributed by atoms with Crippen molar-refractivity contribution in [3.63, 3.8) is 0 Å². The topological polar surface area (TPSA) is 43.6 Å². The van der Waals surface area contributed by atoms with Crippen LogP contribution in [0.5, 0.6) is 0 Å². The quantitative estimate of drug-likeness (QED) is 0.456. The van der Waals surface area contributed by atoms with Gasteiger partial charge in [-0.05, 0) is 48.9 Å². The van der Waals surface area contributed by atoms with E-state index in [2.05, 4.69) is 46.4 Å². The smallest absolute Gasteiger partial charge is 0.196 e. The number of benzene rings is 2. The Morgan fingerprint density at radius 3 is 2.48 bits per heavy atom. The minimum atomic E-state index is -0.231. The number of thioether (sulfide) groups is 1. The summed E-state index contributed by atoms with van der Waals surface area (Å²) in [4.78, 5) is 4.08. The fourth-order valence-electron chi connectivity index (χ4n) is 2.75. The van der Waals surface area contributed by atoms with Crippen molar-refractivity contribution >= 4 is 11.8 Å². The summed E-state index contributed by atoms with van der Waals surface area (Å²) in [5, 5.41) is 9.56. The van der Waals surface area contributed by atoms with E-state index in [9.17, 15) is 4.39 Å². The average molecular weight is 376 g/mol. The Bertz CT molecular complexity index is 1050. The molecule has 0 aliphatic rings. The lowest BCUT2D eigenvalue weighted by molar-refractivity contribution is 0.626. The van der Waals surface area contributed by atoms with Crippen LogP contribution in [0.2, 0.25) is 0 Å². The zero-order valence-electron chi connectivity index (χ0n) is 14.7. The molecule has 4 rings (SSSR count). The second-order valence-corrected chi connectivity index (χ2v) is 7.07. The summed E-state index contributed by atoms with van der Waals surface area (Å²) in [5.41, 5.74) is 4.02. The van der Waals surface area contributed by atoms with Gasteiger partial charge in [0.2, 0.25) is 0 Å². The first kappa shape index (κ1) is 17.4. The number of nitrogens with zero attached hydrogens (tertiary/aromatic N) is 4. The van der Waals surface area contributed by atoms with E-state index in [1.807, 2.05) is 22.8 Å². The van der Waals surface area contributed by atoms with Crippen LogP contribution in [0.4, 0.5) is 4.39 Å². The highest BCUT2D eigenvalue weighted by atomic mass is 32.2. The minimum absolute atomic E-state index is 0.231. The van der Waals surface area contributed by atoms with Crippen LogP contribution in [0.15, 0.2) is 78.2 Å². The third-order valence-electron chi connectivity index (χ3n) is 4.12. The maximum absolute atomic E-state index is 13.5. The molecule has 27 heavy (non-hydrogen) atoms. The Kier molecular flexibility index (Phi) is 4.98. The van der Waals surface area contributed by atoms with Gasteiger partial charge >= 0.3 is 0 Å². The van der Waals surface area contributed by atoms with Gasteiger partial charge in [0, 0.05) is 29.4 Å². The monoisotopic (exact) mass is 376 g/mol. The van der Waals surface area contributed by atoms with Crippen LogP contribution >= 0.6 is 11.8 Å². The van der Waals surface area contributed by atoms with Crippen LogP contribution in [0.25, 0.3) is 17.1 Å². The second-order valence-electron chi connectivity index (χ2n) is 6.13. The Hall–Kier alpha value is -2.99. The second kappa shape index (κ2) is 7.72. The fourth-order valence-corrected chi connectivity index (χ4v) is 3.65. The first-order valence-electron chi connectivity index (χ1n) is 8.51. The van der Waals surface area contributed by atoms with Gasteiger partial charge in [0.15, 0.2) is 11.0 Å². The summed E-state index contributed by atoms with van der Waals surface area (Å²) in [6, 6.07) is 18.7. The highest BCUT2D eigenvalue weighted by Crippen LogP contribution is 2.29. The van der Waals surface area contributed by atoms with E-state index < -0.39 is 0 Å². The van der Waals surface area contributed by atoms with Crippen molar-refractivity contribution in [2.45, 2.75) is 17.8 Å². The molecule has 0 N–H and O–H groups in total. The minimum Gasteiger partial charge on any atom is -0.270 e. The first-order valence-corrected chi connectivity index (χ1v) is 9.49. The first-order chi connectivity index (χ1) is 13.2. The van der Waals surface area contributed by atoms with Gasteiger partial charge in [-0.2, -0.15) is 0 Å². The molecule has 0 aliphatic heterocycles. The molecule has 6 heteroatoms. The standard InChI is InChI=1S/C21H17FN4S/c1-15-5-7-19(8-6-15)26-20(17-9-11-23-12-10-17)24-25-21(26)27-14-16-3-2-4-18(22)13-16/h2-13H,14H2,1H3. The van der Waals surface area contributed by atoms with Gasteiger partial charge in [-0.25, -0.2) is 4.39 Å². The molecule has 4 nitrogen and oxygen atoms in total. The van der Waals surface area contributed by atoms with Crippen molar-refractivity contribution in [3.8, 4) is 17.1 Å². The van der Waals surface area contributed by atoms with Crippen LogP contribution in [-0.4, -0.2) is 19.7 Å². The van der Waals surface area contributed by atoms with E-state index in [1.54, 1.807) is 24.5 Å². The molecule has 0 saturated heterocycles. The molecule has 2 aromatic carbocycles. The van der Waals surface area contributed by atoms with Gasteiger partial charge in [-0.15, -0.1) is 10.2 Å². The molecule has 0 unspecified atom stereocenters. The summed E-state index contributed by atoms with van der Waals surface area (Å²) in [6.07, 6.45) is 3.48. The van der Waals surface area contributed by atoms with Crippen molar-refractivity contribution in [3.05, 3.63) is 90.0 Å². The number of aryl methyl sites for hydroxylation is 1. The maximum atomic E-state index is 13.5. The highest BCUT2D eigenvalue weighted by Gasteiger charge is 2.16. The molecule has 0 saturated carbocycles. The van der Waals surface area contributed by atoms with Crippen LogP contribution in [0.1, 0.15) is 11.1 Å². The van der Waals surface area contributed by atoms with Crippen molar-refractivity contribution in [1.29, 1.82) is 0 Å². The molecule has 2 aromatic heterocycles. The Morgan fingerprint density at radius 2 is 1.74 bits per heavy atom. The lowest BCUT2D eigenvalue weighted by Crippen LogP contribution is -2.00. The van der Waals surface area contributed by atoms with Crippen LogP contribution in [0.3, 0.4) is 0 Å². The molecule has 0 spiro atoms. The SMILES string of the molecule is Cc1ccc(-n2c(SCc3cccc(F)c3)nnc2-c2ccncc2)cc1. The molecule has 4 aromatic rings. The lowest BCUT2D eigenvalue weighted by Gasteiger charge is -2.11. The van der Waals surface area contributed by atoms with E-state index in [-0.39, 0.29) is 5.82 Å². The van der Waals surface area contributed by atoms with Crippen molar-refractivity contribution in [2.75, 3.05) is 0 Å². The normalized spacial score (nSPS) is 10.9. The van der Waals surface area contributed by atoms with Crippen molar-refractivity contribution in [1.82, 2.24) is 19.7 Å². The molecule has 134 valence electrons. The van der Waals surface area contributed by atoms with Gasteiger partial charge in [-0.3, -0.25) is 9.55 Å². The number of pyridine rings is 1. The average Bonchev–Trinajstić information content (AvgIpc) is 3.12. The molecule has 0 aliphatic carbocycles. The van der Waals surface area contributed by atoms with Gasteiger partial charge in [-0.1, -0.05) is 41.6 Å². The number of hydrogen-bond donors (Lipinski definition) is 0. The molecule has 0 fully saturated rings. The summed E-state index contributed by atoms with van der Waals surface area (Å²) >= 11 is 1.53. The number of rotatable bonds is 5. The van der Waals surface area contributed by atoms with E-state index in [1.165, 1.54) is 23.4 Å². The third-order valence-corrected chi connectivity index (χ3v) is 5.12. The van der Waals surface area contributed by atoms with E-state index >= 15 is 0 Å². The van der Waals surface area contributed by atoms with Crippen molar-refractivity contribution < 1.29 is 4.39 Å². The Morgan fingerprint density at radius 1 is 0.963 bits per heavy atom. The van der Waals surface area contributed by atoms with Gasteiger partial charge < -0.3 is 0 Å². The highest BCUT2D eigenvalue weighted by molar-refractivity contribution is 7.98. The van der Waals surface area contributed by atoms with Crippen molar-refractivity contribution in [2.24, 2.45) is 0 Å². The van der Waals surface area contributed by atoms with Gasteiger partial charge in [0.25, 0.3) is 0 Å². The third kappa shape index (κ3) is 3.90. The Balaban J connectivity index is 1.73. The number of hydrogen-bond acceptors (Lipinski definition) is 4. The zero-order chi connectivity index (χ0) is 18.6. The molecule has 0 bridgehead atoms. The molecular formula is C21H17FN4S. The molecule has 0 atom stereocenters. The van der Waals surface area contributed by atoms with E-state index in [0.29, 0.717) is 5.75 Å². The van der Waals surface area contributed by atoms with E-state index in [0.717, 1.165) is 27.8 Å².